The van der Waals surface area contributed by atoms with Crippen LogP contribution in [0.5, 0.6) is 0 Å². The summed E-state index contributed by atoms with van der Waals surface area (Å²) >= 11 is 0. The van der Waals surface area contributed by atoms with Gasteiger partial charge in [0.15, 0.2) is 0 Å². The number of hydrogen-bond donors (Lipinski definition) is 0. The highest BCUT2D eigenvalue weighted by molar-refractivity contribution is 6.08. The van der Waals surface area contributed by atoms with Crippen molar-refractivity contribution in [3.63, 3.8) is 0 Å². The summed E-state index contributed by atoms with van der Waals surface area (Å²) in [5.41, 5.74) is 10.7. The van der Waals surface area contributed by atoms with Gasteiger partial charge in [-0.2, -0.15) is 0 Å². The third-order valence-electron chi connectivity index (χ3n) is 6.74. The molecule has 0 aliphatic rings. The number of aryl methyl sites for hydroxylation is 4. The van der Waals surface area contributed by atoms with Crippen LogP contribution in [0.4, 0.5) is 0 Å². The highest BCUT2D eigenvalue weighted by Gasteiger charge is 2.15. The molecule has 3 nitrogen and oxygen atoms in total. The number of aromatic nitrogens is 2. The van der Waals surface area contributed by atoms with Gasteiger partial charge in [-0.3, -0.25) is 4.98 Å². The molecule has 0 amide bonds. The Balaban J connectivity index is 1.35. The number of para-hydroxylation sites is 1. The van der Waals surface area contributed by atoms with Crippen molar-refractivity contribution < 1.29 is 4.42 Å². The summed E-state index contributed by atoms with van der Waals surface area (Å²) in [4.78, 5) is 9.68. The molecule has 0 fully saturated rings. The van der Waals surface area contributed by atoms with Crippen molar-refractivity contribution in [2.24, 2.45) is 0 Å². The largest absolute Gasteiger partial charge is 0.437 e. The van der Waals surface area contributed by atoms with Gasteiger partial charge in [-0.15, -0.1) is 0 Å². The molecule has 0 bridgehead atoms. The van der Waals surface area contributed by atoms with Crippen molar-refractivity contribution in [2.75, 3.05) is 0 Å². The number of furan rings is 1. The molecule has 0 saturated carbocycles. The maximum atomic E-state index is 6.33. The Hall–Kier alpha value is -4.24. The second kappa shape index (κ2) is 8.84. The maximum absolute atomic E-state index is 6.33. The number of hydrogen-bond acceptors (Lipinski definition) is 3. The predicted molar refractivity (Wildman–Crippen MR) is 144 cm³/mol. The van der Waals surface area contributed by atoms with Gasteiger partial charge in [0.25, 0.3) is 0 Å². The molecule has 0 saturated heterocycles. The van der Waals surface area contributed by atoms with Crippen LogP contribution in [0.15, 0.2) is 102 Å². The molecule has 3 heteroatoms. The van der Waals surface area contributed by atoms with Crippen LogP contribution in [0.1, 0.15) is 22.4 Å². The first-order chi connectivity index (χ1) is 17.2. The summed E-state index contributed by atoms with van der Waals surface area (Å²) in [5, 5.41) is 2.11. The molecule has 3 aromatic carbocycles. The number of benzene rings is 3. The quantitative estimate of drug-likeness (QED) is 0.264. The lowest BCUT2D eigenvalue weighted by Gasteiger charge is -2.10. The monoisotopic (exact) mass is 454 g/mol. The molecular formula is C32H26N2O. The summed E-state index contributed by atoms with van der Waals surface area (Å²) < 4.78 is 6.33. The third-order valence-corrected chi connectivity index (χ3v) is 6.74. The number of rotatable bonds is 5. The Kier molecular flexibility index (Phi) is 5.38. The molecule has 3 heterocycles. The van der Waals surface area contributed by atoms with Crippen LogP contribution in [0.3, 0.4) is 0 Å². The van der Waals surface area contributed by atoms with Crippen LogP contribution in [-0.2, 0) is 12.8 Å². The molecule has 6 aromatic rings. The Labute approximate surface area is 205 Å². The zero-order chi connectivity index (χ0) is 23.8. The van der Waals surface area contributed by atoms with E-state index < -0.39 is 0 Å². The first-order valence-electron chi connectivity index (χ1n) is 12.1. The van der Waals surface area contributed by atoms with Crippen molar-refractivity contribution in [3.05, 3.63) is 120 Å². The Bertz CT molecular complexity index is 1630. The van der Waals surface area contributed by atoms with E-state index in [1.165, 1.54) is 22.3 Å². The van der Waals surface area contributed by atoms with Gasteiger partial charge in [0.05, 0.1) is 5.69 Å². The smallest absolute Gasteiger partial charge is 0.227 e. The predicted octanol–water partition coefficient (Wildman–Crippen LogP) is 8.11. The fourth-order valence-electron chi connectivity index (χ4n) is 4.95. The lowest BCUT2D eigenvalue weighted by molar-refractivity contribution is 0.651. The van der Waals surface area contributed by atoms with Gasteiger partial charge in [0.1, 0.15) is 5.58 Å². The minimum Gasteiger partial charge on any atom is -0.437 e. The highest BCUT2D eigenvalue weighted by Crippen LogP contribution is 2.35. The molecule has 3 aromatic heterocycles. The molecule has 0 N–H and O–H groups in total. The fraction of sp³-hybridized carbons (Fsp3) is 0.125. The number of pyridine rings is 2. The summed E-state index contributed by atoms with van der Waals surface area (Å²) in [7, 11) is 0. The van der Waals surface area contributed by atoms with Gasteiger partial charge >= 0.3 is 0 Å². The van der Waals surface area contributed by atoms with E-state index in [1.54, 1.807) is 0 Å². The third kappa shape index (κ3) is 4.00. The van der Waals surface area contributed by atoms with Crippen LogP contribution in [0.2, 0.25) is 0 Å². The van der Waals surface area contributed by atoms with E-state index in [-0.39, 0.29) is 0 Å². The van der Waals surface area contributed by atoms with E-state index >= 15 is 0 Å². The molecule has 170 valence electrons. The van der Waals surface area contributed by atoms with Crippen molar-refractivity contribution in [3.8, 4) is 22.4 Å². The summed E-state index contributed by atoms with van der Waals surface area (Å²) in [5.74, 6) is 0. The average molecular weight is 455 g/mol. The Morgan fingerprint density at radius 2 is 1.49 bits per heavy atom. The standard InChI is InChI=1S/C32H26N2O/c1-21-8-6-9-22(2)30(21)24-15-19-29(33-20-24)28-13-7-12-26-27-18-17-25(34-32(27)35-31(26)28)16-14-23-10-4-3-5-11-23/h3-13,15,17-20H,14,16H2,1-2H3. The lowest BCUT2D eigenvalue weighted by Crippen LogP contribution is -1.93. The van der Waals surface area contributed by atoms with E-state index in [0.717, 1.165) is 51.7 Å². The van der Waals surface area contributed by atoms with Crippen molar-refractivity contribution in [1.82, 2.24) is 9.97 Å². The van der Waals surface area contributed by atoms with Crippen LogP contribution < -0.4 is 0 Å². The minimum atomic E-state index is 0.685. The van der Waals surface area contributed by atoms with Gasteiger partial charge in [-0.1, -0.05) is 66.7 Å². The summed E-state index contributed by atoms with van der Waals surface area (Å²) in [6.07, 6.45) is 3.80. The Morgan fingerprint density at radius 1 is 0.686 bits per heavy atom. The van der Waals surface area contributed by atoms with E-state index in [2.05, 4.69) is 98.8 Å². The molecule has 0 radical (unpaired) electrons. The van der Waals surface area contributed by atoms with Crippen LogP contribution >= 0.6 is 0 Å². The van der Waals surface area contributed by atoms with Gasteiger partial charge < -0.3 is 4.42 Å². The van der Waals surface area contributed by atoms with Crippen LogP contribution in [-0.4, -0.2) is 9.97 Å². The fourth-order valence-corrected chi connectivity index (χ4v) is 4.95. The molecule has 6 rings (SSSR count). The highest BCUT2D eigenvalue weighted by atomic mass is 16.3. The number of fused-ring (bicyclic) bond motifs is 3. The van der Waals surface area contributed by atoms with Crippen molar-refractivity contribution in [2.45, 2.75) is 26.7 Å². The number of nitrogens with zero attached hydrogens (tertiary/aromatic N) is 2. The second-order valence-corrected chi connectivity index (χ2v) is 9.12. The maximum Gasteiger partial charge on any atom is 0.227 e. The topological polar surface area (TPSA) is 38.9 Å². The molecular weight excluding hydrogens is 428 g/mol. The summed E-state index contributed by atoms with van der Waals surface area (Å²) in [6, 6.07) is 31.6. The van der Waals surface area contributed by atoms with Gasteiger partial charge in [0.2, 0.25) is 5.71 Å². The first-order valence-corrected chi connectivity index (χ1v) is 12.1. The minimum absolute atomic E-state index is 0.685. The van der Waals surface area contributed by atoms with E-state index in [4.69, 9.17) is 14.4 Å². The zero-order valence-corrected chi connectivity index (χ0v) is 20.0. The lowest BCUT2D eigenvalue weighted by atomic mass is 9.96. The molecule has 0 aliphatic carbocycles. The Morgan fingerprint density at radius 3 is 2.26 bits per heavy atom. The van der Waals surface area contributed by atoms with Crippen LogP contribution in [0.25, 0.3) is 44.5 Å². The molecule has 0 unspecified atom stereocenters. The van der Waals surface area contributed by atoms with Gasteiger partial charge in [-0.05, 0) is 73.2 Å². The van der Waals surface area contributed by atoms with Gasteiger partial charge in [0, 0.05) is 33.8 Å². The normalized spacial score (nSPS) is 11.4. The molecule has 0 spiro atoms. The van der Waals surface area contributed by atoms with E-state index in [9.17, 15) is 0 Å². The van der Waals surface area contributed by atoms with E-state index in [0.29, 0.717) is 5.71 Å². The second-order valence-electron chi connectivity index (χ2n) is 9.12. The summed E-state index contributed by atoms with van der Waals surface area (Å²) in [6.45, 7) is 4.29. The van der Waals surface area contributed by atoms with Crippen molar-refractivity contribution >= 4 is 22.1 Å². The average Bonchev–Trinajstić information content (AvgIpc) is 3.26. The van der Waals surface area contributed by atoms with E-state index in [1.807, 2.05) is 12.3 Å². The van der Waals surface area contributed by atoms with Crippen LogP contribution in [0, 0.1) is 13.8 Å². The molecule has 0 aliphatic heterocycles. The molecule has 35 heavy (non-hydrogen) atoms. The zero-order valence-electron chi connectivity index (χ0n) is 20.0. The molecule has 0 atom stereocenters. The SMILES string of the molecule is Cc1cccc(C)c1-c1ccc(-c2cccc3c2oc2nc(CCc4ccccc4)ccc23)nc1. The first kappa shape index (κ1) is 21.3. The van der Waals surface area contributed by atoms with Crippen molar-refractivity contribution in [1.29, 1.82) is 0 Å². The van der Waals surface area contributed by atoms with Gasteiger partial charge in [-0.25, -0.2) is 4.98 Å².